The Labute approximate surface area is 121 Å². The van der Waals surface area contributed by atoms with Crippen molar-refractivity contribution in [3.63, 3.8) is 0 Å². The van der Waals surface area contributed by atoms with Gasteiger partial charge in [-0.1, -0.05) is 11.6 Å². The summed E-state index contributed by atoms with van der Waals surface area (Å²) in [5, 5.41) is 5.91. The topological polar surface area (TPSA) is 41.1 Å². The molecule has 3 nitrogen and oxygen atoms in total. The number of halogens is 2. The molecule has 0 aliphatic rings. The van der Waals surface area contributed by atoms with E-state index in [1.165, 1.54) is 18.2 Å². The summed E-state index contributed by atoms with van der Waals surface area (Å²) in [4.78, 5) is 12.2. The molecule has 0 aliphatic carbocycles. The molecule has 0 heterocycles. The Hall–Kier alpha value is -2.07. The van der Waals surface area contributed by atoms with Crippen LogP contribution in [0.1, 0.15) is 15.9 Å². The van der Waals surface area contributed by atoms with Crippen LogP contribution in [-0.2, 0) is 0 Å². The summed E-state index contributed by atoms with van der Waals surface area (Å²) in [6, 6.07) is 9.22. The van der Waals surface area contributed by atoms with Crippen molar-refractivity contribution in [1.29, 1.82) is 0 Å². The number of aryl methyl sites for hydroxylation is 1. The van der Waals surface area contributed by atoms with E-state index in [0.717, 1.165) is 11.3 Å². The highest BCUT2D eigenvalue weighted by molar-refractivity contribution is 6.33. The lowest BCUT2D eigenvalue weighted by Gasteiger charge is -2.10. The number of hydrogen-bond donors (Lipinski definition) is 2. The number of carbonyl (C=O) groups excluding carboxylic acids is 1. The Kier molecular flexibility index (Phi) is 4.25. The zero-order valence-electron chi connectivity index (χ0n) is 11.1. The molecule has 0 aromatic heterocycles. The van der Waals surface area contributed by atoms with Crippen LogP contribution in [0.2, 0.25) is 5.02 Å². The maximum atomic E-state index is 13.2. The van der Waals surface area contributed by atoms with Gasteiger partial charge in [-0.25, -0.2) is 4.39 Å². The molecule has 0 saturated heterocycles. The van der Waals surface area contributed by atoms with Crippen molar-refractivity contribution >= 4 is 28.9 Å². The molecule has 104 valence electrons. The van der Waals surface area contributed by atoms with Crippen molar-refractivity contribution in [2.75, 3.05) is 17.7 Å². The molecule has 20 heavy (non-hydrogen) atoms. The summed E-state index contributed by atoms with van der Waals surface area (Å²) < 4.78 is 13.2. The number of hydrogen-bond acceptors (Lipinski definition) is 2. The van der Waals surface area contributed by atoms with Gasteiger partial charge in [0.1, 0.15) is 5.82 Å². The van der Waals surface area contributed by atoms with Gasteiger partial charge < -0.3 is 10.6 Å². The van der Waals surface area contributed by atoms with Gasteiger partial charge in [0.05, 0.1) is 10.7 Å². The maximum absolute atomic E-state index is 13.2. The van der Waals surface area contributed by atoms with Gasteiger partial charge in [0.25, 0.3) is 5.91 Å². The molecule has 2 rings (SSSR count). The van der Waals surface area contributed by atoms with Crippen LogP contribution in [0.15, 0.2) is 36.4 Å². The van der Waals surface area contributed by atoms with E-state index in [4.69, 9.17) is 11.6 Å². The lowest BCUT2D eigenvalue weighted by atomic mass is 10.1. The van der Waals surface area contributed by atoms with Gasteiger partial charge in [-0.15, -0.1) is 0 Å². The Balaban J connectivity index is 2.26. The highest BCUT2D eigenvalue weighted by Crippen LogP contribution is 2.24. The van der Waals surface area contributed by atoms with Crippen LogP contribution in [0.4, 0.5) is 15.8 Å². The molecule has 5 heteroatoms. The summed E-state index contributed by atoms with van der Waals surface area (Å²) in [6.07, 6.45) is 0. The van der Waals surface area contributed by atoms with Crippen LogP contribution in [-0.4, -0.2) is 13.0 Å². The molecule has 0 fully saturated rings. The summed E-state index contributed by atoms with van der Waals surface area (Å²) in [6.45, 7) is 1.84. The van der Waals surface area contributed by atoms with Crippen molar-refractivity contribution in [3.05, 3.63) is 58.4 Å². The van der Waals surface area contributed by atoms with Gasteiger partial charge in [-0.05, 0) is 48.9 Å². The van der Waals surface area contributed by atoms with E-state index in [1.807, 2.05) is 13.0 Å². The minimum Gasteiger partial charge on any atom is -0.388 e. The molecule has 0 radical (unpaired) electrons. The molecule has 2 aromatic rings. The first kappa shape index (κ1) is 14.3. The smallest absolute Gasteiger partial charge is 0.255 e. The third kappa shape index (κ3) is 3.08. The Bertz CT molecular complexity index is 658. The Morgan fingerprint density at radius 1 is 1.20 bits per heavy atom. The minimum absolute atomic E-state index is 0.258. The molecule has 0 aliphatic heterocycles. The minimum atomic E-state index is -0.452. The molecule has 1 amide bonds. The van der Waals surface area contributed by atoms with E-state index < -0.39 is 5.82 Å². The standard InChI is InChI=1S/C15H14ClFN2O/c1-9-7-11(18-2)4-5-12(9)15(20)19-14-8-10(17)3-6-13(14)16/h3-8,18H,1-2H3,(H,19,20). The number of rotatable bonds is 3. The van der Waals surface area contributed by atoms with Crippen LogP contribution in [0, 0.1) is 12.7 Å². The maximum Gasteiger partial charge on any atom is 0.255 e. The third-order valence-corrected chi connectivity index (χ3v) is 3.27. The number of carbonyl (C=O) groups is 1. The summed E-state index contributed by atoms with van der Waals surface area (Å²) in [7, 11) is 1.81. The molecule has 0 bridgehead atoms. The summed E-state index contributed by atoms with van der Waals surface area (Å²) in [5.74, 6) is -0.774. The van der Waals surface area contributed by atoms with E-state index in [2.05, 4.69) is 10.6 Å². The molecule has 0 unspecified atom stereocenters. The predicted molar refractivity (Wildman–Crippen MR) is 80.1 cm³/mol. The number of anilines is 2. The van der Waals surface area contributed by atoms with Crippen molar-refractivity contribution < 1.29 is 9.18 Å². The lowest BCUT2D eigenvalue weighted by Crippen LogP contribution is -2.14. The Morgan fingerprint density at radius 2 is 1.95 bits per heavy atom. The van der Waals surface area contributed by atoms with Gasteiger partial charge in [-0.3, -0.25) is 4.79 Å². The van der Waals surface area contributed by atoms with E-state index in [9.17, 15) is 9.18 Å². The van der Waals surface area contributed by atoms with Gasteiger partial charge >= 0.3 is 0 Å². The fourth-order valence-corrected chi connectivity index (χ4v) is 2.02. The van der Waals surface area contributed by atoms with Crippen molar-refractivity contribution in [3.8, 4) is 0 Å². The monoisotopic (exact) mass is 292 g/mol. The van der Waals surface area contributed by atoms with Gasteiger partial charge in [0, 0.05) is 18.3 Å². The zero-order chi connectivity index (χ0) is 14.7. The first-order chi connectivity index (χ1) is 9.51. The average Bonchev–Trinajstić information content (AvgIpc) is 2.42. The fraction of sp³-hybridized carbons (Fsp3) is 0.133. The van der Waals surface area contributed by atoms with Crippen LogP contribution in [0.25, 0.3) is 0 Å². The van der Waals surface area contributed by atoms with Crippen LogP contribution >= 0.6 is 11.6 Å². The normalized spacial score (nSPS) is 10.2. The largest absolute Gasteiger partial charge is 0.388 e. The van der Waals surface area contributed by atoms with Crippen LogP contribution < -0.4 is 10.6 Å². The highest BCUT2D eigenvalue weighted by Gasteiger charge is 2.12. The molecular formula is C15H14ClFN2O. The van der Waals surface area contributed by atoms with Gasteiger partial charge in [0.15, 0.2) is 0 Å². The van der Waals surface area contributed by atoms with Crippen molar-refractivity contribution in [2.24, 2.45) is 0 Å². The lowest BCUT2D eigenvalue weighted by molar-refractivity contribution is 0.102. The summed E-state index contributed by atoms with van der Waals surface area (Å²) >= 11 is 5.92. The Morgan fingerprint density at radius 3 is 2.60 bits per heavy atom. The van der Waals surface area contributed by atoms with E-state index in [0.29, 0.717) is 10.6 Å². The predicted octanol–water partition coefficient (Wildman–Crippen LogP) is 4.08. The second-order valence-electron chi connectivity index (χ2n) is 4.36. The first-order valence-corrected chi connectivity index (χ1v) is 6.44. The quantitative estimate of drug-likeness (QED) is 0.895. The van der Waals surface area contributed by atoms with Crippen molar-refractivity contribution in [2.45, 2.75) is 6.92 Å². The highest BCUT2D eigenvalue weighted by atomic mass is 35.5. The van der Waals surface area contributed by atoms with Gasteiger partial charge in [0.2, 0.25) is 0 Å². The second kappa shape index (κ2) is 5.92. The SMILES string of the molecule is CNc1ccc(C(=O)Nc2cc(F)ccc2Cl)c(C)c1. The third-order valence-electron chi connectivity index (χ3n) is 2.94. The second-order valence-corrected chi connectivity index (χ2v) is 4.77. The summed E-state index contributed by atoms with van der Waals surface area (Å²) in [5.41, 5.74) is 2.52. The number of nitrogens with one attached hydrogen (secondary N) is 2. The fourth-order valence-electron chi connectivity index (χ4n) is 1.86. The van der Waals surface area contributed by atoms with Crippen LogP contribution in [0.5, 0.6) is 0 Å². The average molecular weight is 293 g/mol. The van der Waals surface area contributed by atoms with Gasteiger partial charge in [-0.2, -0.15) is 0 Å². The van der Waals surface area contributed by atoms with E-state index >= 15 is 0 Å². The molecule has 0 spiro atoms. The van der Waals surface area contributed by atoms with E-state index in [1.54, 1.807) is 19.2 Å². The molecular weight excluding hydrogens is 279 g/mol. The number of benzene rings is 2. The molecule has 0 saturated carbocycles. The van der Waals surface area contributed by atoms with Crippen LogP contribution in [0.3, 0.4) is 0 Å². The molecule has 0 atom stereocenters. The number of amides is 1. The van der Waals surface area contributed by atoms with Crippen molar-refractivity contribution in [1.82, 2.24) is 0 Å². The first-order valence-electron chi connectivity index (χ1n) is 6.06. The zero-order valence-corrected chi connectivity index (χ0v) is 11.9. The molecule has 2 N–H and O–H groups in total. The molecule has 2 aromatic carbocycles. The van der Waals surface area contributed by atoms with E-state index in [-0.39, 0.29) is 11.6 Å².